The molecule has 0 unspecified atom stereocenters. The Bertz CT molecular complexity index is 398. The summed E-state index contributed by atoms with van der Waals surface area (Å²) in [5, 5.41) is 0. The fraction of sp³-hybridized carbons (Fsp3) is 0.562. The van der Waals surface area contributed by atoms with Crippen LogP contribution in [-0.4, -0.2) is 29.4 Å². The van der Waals surface area contributed by atoms with Crippen molar-refractivity contribution in [1.82, 2.24) is 4.90 Å². The average Bonchev–Trinajstić information content (AvgIpc) is 2.94. The molecule has 104 valence electrons. The predicted octanol–water partition coefficient (Wildman–Crippen LogP) is 2.35. The Balaban J connectivity index is 1.97. The zero-order chi connectivity index (χ0) is 13.7. The Morgan fingerprint density at radius 2 is 1.95 bits per heavy atom. The second-order valence-electron chi connectivity index (χ2n) is 5.36. The summed E-state index contributed by atoms with van der Waals surface area (Å²) in [6.45, 7) is 2.82. The molecule has 1 fully saturated rings. The molecule has 0 aromatic heterocycles. The van der Waals surface area contributed by atoms with E-state index in [1.54, 1.807) is 0 Å². The Labute approximate surface area is 115 Å². The van der Waals surface area contributed by atoms with Gasteiger partial charge in [-0.15, -0.1) is 0 Å². The molecular weight excluding hydrogens is 236 g/mol. The lowest BCUT2D eigenvalue weighted by molar-refractivity contribution is -0.134. The number of rotatable bonds is 5. The maximum absolute atomic E-state index is 12.5. The van der Waals surface area contributed by atoms with Gasteiger partial charge in [0, 0.05) is 12.6 Å². The molecule has 0 radical (unpaired) electrons. The molecule has 1 aromatic rings. The molecule has 3 heteroatoms. The second kappa shape index (κ2) is 6.71. The van der Waals surface area contributed by atoms with Crippen LogP contribution in [0.15, 0.2) is 30.3 Å². The quantitative estimate of drug-likeness (QED) is 0.883. The zero-order valence-electron chi connectivity index (χ0n) is 11.7. The second-order valence-corrected chi connectivity index (χ2v) is 5.36. The summed E-state index contributed by atoms with van der Waals surface area (Å²) in [5.41, 5.74) is 7.23. The molecule has 2 N–H and O–H groups in total. The van der Waals surface area contributed by atoms with E-state index in [0.717, 1.165) is 24.9 Å². The van der Waals surface area contributed by atoms with Gasteiger partial charge in [-0.1, -0.05) is 43.2 Å². The third-order valence-electron chi connectivity index (χ3n) is 4.00. The van der Waals surface area contributed by atoms with Crippen molar-refractivity contribution in [3.63, 3.8) is 0 Å². The number of benzene rings is 1. The van der Waals surface area contributed by atoms with Crippen LogP contribution in [0.25, 0.3) is 0 Å². The van der Waals surface area contributed by atoms with Gasteiger partial charge in [0.2, 0.25) is 5.91 Å². The van der Waals surface area contributed by atoms with Gasteiger partial charge < -0.3 is 10.6 Å². The molecule has 0 heterocycles. The van der Waals surface area contributed by atoms with E-state index in [9.17, 15) is 4.79 Å². The first-order chi connectivity index (χ1) is 9.22. The number of likely N-dealkylation sites (N-methyl/N-ethyl adjacent to an activating group) is 1. The van der Waals surface area contributed by atoms with Gasteiger partial charge in [-0.3, -0.25) is 4.79 Å². The molecule has 3 nitrogen and oxygen atoms in total. The Hall–Kier alpha value is -1.35. The number of carbonyl (C=O) groups is 1. The zero-order valence-corrected chi connectivity index (χ0v) is 11.7. The van der Waals surface area contributed by atoms with E-state index >= 15 is 0 Å². The molecule has 1 aromatic carbocycles. The SMILES string of the molecule is CCN(C(=O)[C@@H](N)Cc1ccccc1)C1CCCC1. The minimum absolute atomic E-state index is 0.109. The number of hydrogen-bond acceptors (Lipinski definition) is 2. The van der Waals surface area contributed by atoms with Crippen molar-refractivity contribution < 1.29 is 4.79 Å². The van der Waals surface area contributed by atoms with Crippen LogP contribution in [0, 0.1) is 0 Å². The van der Waals surface area contributed by atoms with Gasteiger partial charge >= 0.3 is 0 Å². The minimum atomic E-state index is -0.414. The van der Waals surface area contributed by atoms with Crippen LogP contribution < -0.4 is 5.73 Å². The summed E-state index contributed by atoms with van der Waals surface area (Å²) < 4.78 is 0. The molecule has 1 atom stereocenters. The van der Waals surface area contributed by atoms with Crippen LogP contribution in [0.4, 0.5) is 0 Å². The van der Waals surface area contributed by atoms with E-state index in [0.29, 0.717) is 12.5 Å². The molecule has 1 aliphatic rings. The van der Waals surface area contributed by atoms with Crippen molar-refractivity contribution in [3.05, 3.63) is 35.9 Å². The molecule has 0 aliphatic heterocycles. The fourth-order valence-electron chi connectivity index (χ4n) is 2.98. The van der Waals surface area contributed by atoms with E-state index in [2.05, 4.69) is 0 Å². The lowest BCUT2D eigenvalue weighted by Crippen LogP contribution is -2.48. The van der Waals surface area contributed by atoms with Gasteiger partial charge in [-0.05, 0) is 31.7 Å². The maximum Gasteiger partial charge on any atom is 0.240 e. The number of hydrogen-bond donors (Lipinski definition) is 1. The van der Waals surface area contributed by atoms with Crippen molar-refractivity contribution in [3.8, 4) is 0 Å². The van der Waals surface area contributed by atoms with Gasteiger partial charge in [0.25, 0.3) is 0 Å². The predicted molar refractivity (Wildman–Crippen MR) is 77.8 cm³/mol. The van der Waals surface area contributed by atoms with E-state index in [4.69, 9.17) is 5.73 Å². The molecule has 0 saturated heterocycles. The Kier molecular flexibility index (Phi) is 4.97. The molecular formula is C16H24N2O. The highest BCUT2D eigenvalue weighted by Gasteiger charge is 2.28. The third kappa shape index (κ3) is 3.57. The normalized spacial score (nSPS) is 17.4. The number of carbonyl (C=O) groups excluding carboxylic acids is 1. The monoisotopic (exact) mass is 260 g/mol. The summed E-state index contributed by atoms with van der Waals surface area (Å²) >= 11 is 0. The summed E-state index contributed by atoms with van der Waals surface area (Å²) in [6, 6.07) is 10.0. The minimum Gasteiger partial charge on any atom is -0.339 e. The largest absolute Gasteiger partial charge is 0.339 e. The van der Waals surface area contributed by atoms with E-state index < -0.39 is 6.04 Å². The van der Waals surface area contributed by atoms with Crippen LogP contribution in [0.3, 0.4) is 0 Å². The third-order valence-corrected chi connectivity index (χ3v) is 4.00. The molecule has 19 heavy (non-hydrogen) atoms. The first-order valence-electron chi connectivity index (χ1n) is 7.32. The van der Waals surface area contributed by atoms with Crippen LogP contribution in [0.2, 0.25) is 0 Å². The van der Waals surface area contributed by atoms with Crippen LogP contribution in [0.5, 0.6) is 0 Å². The first-order valence-corrected chi connectivity index (χ1v) is 7.32. The maximum atomic E-state index is 12.5. The lowest BCUT2D eigenvalue weighted by Gasteiger charge is -2.30. The topological polar surface area (TPSA) is 46.3 Å². The van der Waals surface area contributed by atoms with Gasteiger partial charge in [0.15, 0.2) is 0 Å². The summed E-state index contributed by atoms with van der Waals surface area (Å²) in [6.07, 6.45) is 5.38. The smallest absolute Gasteiger partial charge is 0.240 e. The molecule has 1 amide bonds. The summed E-state index contributed by atoms with van der Waals surface area (Å²) in [7, 11) is 0. The highest BCUT2D eigenvalue weighted by atomic mass is 16.2. The van der Waals surface area contributed by atoms with Crippen molar-refractivity contribution in [1.29, 1.82) is 0 Å². The fourth-order valence-corrected chi connectivity index (χ4v) is 2.98. The van der Waals surface area contributed by atoms with Gasteiger partial charge in [-0.2, -0.15) is 0 Å². The number of nitrogens with two attached hydrogens (primary N) is 1. The van der Waals surface area contributed by atoms with E-state index in [1.165, 1.54) is 12.8 Å². The molecule has 1 aliphatic carbocycles. The van der Waals surface area contributed by atoms with Crippen molar-refractivity contribution in [2.75, 3.05) is 6.54 Å². The van der Waals surface area contributed by atoms with Crippen molar-refractivity contribution in [2.45, 2.75) is 51.1 Å². The van der Waals surface area contributed by atoms with E-state index in [1.807, 2.05) is 42.2 Å². The van der Waals surface area contributed by atoms with E-state index in [-0.39, 0.29) is 5.91 Å². The Morgan fingerprint density at radius 1 is 1.32 bits per heavy atom. The van der Waals surface area contributed by atoms with Crippen LogP contribution in [0.1, 0.15) is 38.2 Å². The number of nitrogens with zero attached hydrogens (tertiary/aromatic N) is 1. The summed E-state index contributed by atoms with van der Waals surface area (Å²) in [4.78, 5) is 14.5. The standard InChI is InChI=1S/C16H24N2O/c1-2-18(14-10-6-7-11-14)16(19)15(17)12-13-8-4-3-5-9-13/h3-5,8-9,14-15H,2,6-7,10-12,17H2,1H3/t15-/m0/s1. The van der Waals surface area contributed by atoms with Crippen LogP contribution in [-0.2, 0) is 11.2 Å². The summed E-state index contributed by atoms with van der Waals surface area (Å²) in [5.74, 6) is 0.109. The molecule has 0 spiro atoms. The van der Waals surface area contributed by atoms with Crippen molar-refractivity contribution >= 4 is 5.91 Å². The van der Waals surface area contributed by atoms with Crippen molar-refractivity contribution in [2.24, 2.45) is 5.73 Å². The lowest BCUT2D eigenvalue weighted by atomic mass is 10.0. The molecule has 0 bridgehead atoms. The van der Waals surface area contributed by atoms with Crippen LogP contribution >= 0.6 is 0 Å². The van der Waals surface area contributed by atoms with Gasteiger partial charge in [0.1, 0.15) is 0 Å². The highest BCUT2D eigenvalue weighted by molar-refractivity contribution is 5.82. The number of amides is 1. The average molecular weight is 260 g/mol. The van der Waals surface area contributed by atoms with Gasteiger partial charge in [-0.25, -0.2) is 0 Å². The molecule has 2 rings (SSSR count). The Morgan fingerprint density at radius 3 is 2.53 bits per heavy atom. The van der Waals surface area contributed by atoms with Gasteiger partial charge in [0.05, 0.1) is 6.04 Å². The molecule has 1 saturated carbocycles. The highest BCUT2D eigenvalue weighted by Crippen LogP contribution is 2.24. The first kappa shape index (κ1) is 14.1.